The molecule has 1 rings (SSSR count). The number of alkyl halides is 2. The number of hydrogen-bond donors (Lipinski definition) is 2. The standard InChI is InChI=1S/C9H17F2NO3S/c10-9(11,6-16(13,14)15)8(12)7-4-2-1-3-5-7/h7-8H,1-6,12H2,(H,13,14,15). The molecule has 1 atom stereocenters. The number of nitrogens with two attached hydrogens (primary N) is 1. The van der Waals surface area contributed by atoms with Gasteiger partial charge in [-0.2, -0.15) is 8.42 Å². The Labute approximate surface area is 94.0 Å². The molecular weight excluding hydrogens is 240 g/mol. The van der Waals surface area contributed by atoms with E-state index < -0.39 is 27.8 Å². The van der Waals surface area contributed by atoms with E-state index in [9.17, 15) is 17.2 Å². The molecule has 1 aliphatic carbocycles. The van der Waals surface area contributed by atoms with E-state index in [1.807, 2.05) is 0 Å². The maximum Gasteiger partial charge on any atom is 0.279 e. The van der Waals surface area contributed by atoms with Gasteiger partial charge >= 0.3 is 0 Å². The van der Waals surface area contributed by atoms with Crippen LogP contribution in [0.15, 0.2) is 0 Å². The maximum atomic E-state index is 13.4. The Morgan fingerprint density at radius 3 is 2.25 bits per heavy atom. The highest BCUT2D eigenvalue weighted by atomic mass is 32.2. The monoisotopic (exact) mass is 257 g/mol. The zero-order valence-corrected chi connectivity index (χ0v) is 9.72. The molecule has 3 N–H and O–H groups in total. The smallest absolute Gasteiger partial charge is 0.279 e. The Balaban J connectivity index is 2.66. The molecule has 0 aromatic rings. The first-order valence-electron chi connectivity index (χ1n) is 5.31. The van der Waals surface area contributed by atoms with Gasteiger partial charge in [0.1, 0.15) is 5.75 Å². The molecule has 0 heterocycles. The van der Waals surface area contributed by atoms with Crippen LogP contribution in [0, 0.1) is 5.92 Å². The van der Waals surface area contributed by atoms with E-state index in [4.69, 9.17) is 10.3 Å². The van der Waals surface area contributed by atoms with Crippen molar-refractivity contribution in [2.45, 2.75) is 44.1 Å². The summed E-state index contributed by atoms with van der Waals surface area (Å²) in [7, 11) is -4.70. The Morgan fingerprint density at radius 1 is 1.31 bits per heavy atom. The lowest BCUT2D eigenvalue weighted by Gasteiger charge is -2.32. The van der Waals surface area contributed by atoms with Crippen LogP contribution in [0.4, 0.5) is 8.78 Å². The van der Waals surface area contributed by atoms with Gasteiger partial charge in [0.05, 0.1) is 6.04 Å². The van der Waals surface area contributed by atoms with Crippen molar-refractivity contribution < 1.29 is 21.8 Å². The van der Waals surface area contributed by atoms with Gasteiger partial charge < -0.3 is 5.73 Å². The van der Waals surface area contributed by atoms with Gasteiger partial charge in [-0.15, -0.1) is 0 Å². The highest BCUT2D eigenvalue weighted by molar-refractivity contribution is 7.85. The van der Waals surface area contributed by atoms with Crippen LogP contribution in [-0.2, 0) is 10.1 Å². The summed E-state index contributed by atoms with van der Waals surface area (Å²) < 4.78 is 56.2. The van der Waals surface area contributed by atoms with Gasteiger partial charge in [0.15, 0.2) is 0 Å². The zero-order chi connectivity index (χ0) is 12.4. The summed E-state index contributed by atoms with van der Waals surface area (Å²) in [5, 5.41) is 0. The van der Waals surface area contributed by atoms with Crippen molar-refractivity contribution >= 4 is 10.1 Å². The fourth-order valence-corrected chi connectivity index (χ4v) is 2.86. The Kier molecular flexibility index (Phi) is 4.25. The van der Waals surface area contributed by atoms with Crippen LogP contribution < -0.4 is 5.73 Å². The molecule has 7 heteroatoms. The van der Waals surface area contributed by atoms with Crippen LogP contribution in [0.3, 0.4) is 0 Å². The van der Waals surface area contributed by atoms with Gasteiger partial charge in [0.25, 0.3) is 16.0 Å². The minimum Gasteiger partial charge on any atom is -0.322 e. The second kappa shape index (κ2) is 4.93. The topological polar surface area (TPSA) is 80.4 Å². The van der Waals surface area contributed by atoms with Crippen LogP contribution in [0.25, 0.3) is 0 Å². The van der Waals surface area contributed by atoms with Crippen molar-refractivity contribution in [3.05, 3.63) is 0 Å². The number of hydrogen-bond acceptors (Lipinski definition) is 3. The van der Waals surface area contributed by atoms with E-state index in [-0.39, 0.29) is 5.92 Å². The van der Waals surface area contributed by atoms with E-state index in [1.54, 1.807) is 0 Å². The molecule has 0 aromatic carbocycles. The predicted octanol–water partition coefficient (Wildman–Crippen LogP) is 1.42. The molecular formula is C9H17F2NO3S. The molecule has 16 heavy (non-hydrogen) atoms. The van der Waals surface area contributed by atoms with Crippen molar-refractivity contribution in [3.63, 3.8) is 0 Å². The molecule has 0 aromatic heterocycles. The summed E-state index contributed by atoms with van der Waals surface area (Å²) in [5.41, 5.74) is 5.41. The fraction of sp³-hybridized carbons (Fsp3) is 1.00. The van der Waals surface area contributed by atoms with Crippen molar-refractivity contribution in [1.82, 2.24) is 0 Å². The zero-order valence-electron chi connectivity index (χ0n) is 8.90. The van der Waals surface area contributed by atoms with E-state index in [1.165, 1.54) is 0 Å². The Morgan fingerprint density at radius 2 is 1.81 bits per heavy atom. The molecule has 0 saturated heterocycles. The van der Waals surface area contributed by atoms with E-state index in [0.29, 0.717) is 12.8 Å². The average molecular weight is 257 g/mol. The average Bonchev–Trinajstić information content (AvgIpc) is 2.14. The number of rotatable bonds is 4. The molecule has 0 bridgehead atoms. The molecule has 0 amide bonds. The lowest BCUT2D eigenvalue weighted by Crippen LogP contribution is -2.50. The highest BCUT2D eigenvalue weighted by Gasteiger charge is 2.45. The van der Waals surface area contributed by atoms with Crippen molar-refractivity contribution in [3.8, 4) is 0 Å². The SMILES string of the molecule is NC(C1CCCCC1)C(F)(F)CS(=O)(=O)O. The lowest BCUT2D eigenvalue weighted by atomic mass is 9.82. The Bertz CT molecular complexity index is 326. The predicted molar refractivity (Wildman–Crippen MR) is 55.9 cm³/mol. The minimum atomic E-state index is -4.70. The molecule has 0 radical (unpaired) electrons. The minimum absolute atomic E-state index is 0.356. The highest BCUT2D eigenvalue weighted by Crippen LogP contribution is 2.33. The maximum absolute atomic E-state index is 13.4. The summed E-state index contributed by atoms with van der Waals surface area (Å²) in [6, 6.07) is -1.49. The number of halogens is 2. The van der Waals surface area contributed by atoms with Gasteiger partial charge in [0, 0.05) is 0 Å². The normalized spacial score (nSPS) is 22.0. The fourth-order valence-electron chi connectivity index (χ4n) is 2.18. The van der Waals surface area contributed by atoms with Gasteiger partial charge in [-0.05, 0) is 18.8 Å². The lowest BCUT2D eigenvalue weighted by molar-refractivity contribution is -0.0274. The van der Waals surface area contributed by atoms with Crippen LogP contribution in [0.1, 0.15) is 32.1 Å². The first-order valence-corrected chi connectivity index (χ1v) is 6.92. The van der Waals surface area contributed by atoms with Crippen molar-refractivity contribution in [2.24, 2.45) is 11.7 Å². The van der Waals surface area contributed by atoms with Crippen LogP contribution >= 0.6 is 0 Å². The first kappa shape index (κ1) is 13.8. The van der Waals surface area contributed by atoms with Gasteiger partial charge in [-0.25, -0.2) is 8.78 Å². The summed E-state index contributed by atoms with van der Waals surface area (Å²) in [6.07, 6.45) is 3.90. The first-order chi connectivity index (χ1) is 7.22. The van der Waals surface area contributed by atoms with E-state index in [2.05, 4.69) is 0 Å². The van der Waals surface area contributed by atoms with Crippen LogP contribution in [0.5, 0.6) is 0 Å². The summed E-state index contributed by atoms with van der Waals surface area (Å²) in [4.78, 5) is 0. The molecule has 1 fully saturated rings. The summed E-state index contributed by atoms with van der Waals surface area (Å²) in [6.45, 7) is 0. The molecule has 0 aliphatic heterocycles. The third-order valence-corrected chi connectivity index (χ3v) is 3.77. The second-order valence-electron chi connectivity index (χ2n) is 4.41. The molecule has 1 aliphatic rings. The summed E-state index contributed by atoms with van der Waals surface area (Å²) >= 11 is 0. The summed E-state index contributed by atoms with van der Waals surface area (Å²) in [5.74, 6) is -5.50. The van der Waals surface area contributed by atoms with E-state index >= 15 is 0 Å². The molecule has 1 saturated carbocycles. The third-order valence-electron chi connectivity index (χ3n) is 3.02. The van der Waals surface area contributed by atoms with Crippen molar-refractivity contribution in [1.29, 1.82) is 0 Å². The molecule has 1 unspecified atom stereocenters. The van der Waals surface area contributed by atoms with Gasteiger partial charge in [-0.3, -0.25) is 4.55 Å². The van der Waals surface area contributed by atoms with Crippen LogP contribution in [0.2, 0.25) is 0 Å². The largest absolute Gasteiger partial charge is 0.322 e. The third kappa shape index (κ3) is 3.95. The molecule has 0 spiro atoms. The van der Waals surface area contributed by atoms with Crippen molar-refractivity contribution in [2.75, 3.05) is 5.75 Å². The van der Waals surface area contributed by atoms with Gasteiger partial charge in [-0.1, -0.05) is 19.3 Å². The molecule has 4 nitrogen and oxygen atoms in total. The van der Waals surface area contributed by atoms with Crippen LogP contribution in [-0.4, -0.2) is 30.7 Å². The van der Waals surface area contributed by atoms with E-state index in [0.717, 1.165) is 19.3 Å². The molecule has 96 valence electrons. The quantitative estimate of drug-likeness (QED) is 0.746. The second-order valence-corrected chi connectivity index (χ2v) is 5.86. The Hall–Kier alpha value is -0.270. The van der Waals surface area contributed by atoms with Gasteiger partial charge in [0.2, 0.25) is 0 Å².